The predicted molar refractivity (Wildman–Crippen MR) is 117 cm³/mol. The van der Waals surface area contributed by atoms with Crippen LogP contribution in [0.5, 0.6) is 0 Å². The van der Waals surface area contributed by atoms with Crippen molar-refractivity contribution in [1.29, 1.82) is 0 Å². The number of anilines is 1. The highest BCUT2D eigenvalue weighted by atomic mass is 32.1. The Hall–Kier alpha value is -2.67. The minimum absolute atomic E-state index is 0.00185. The van der Waals surface area contributed by atoms with Gasteiger partial charge in [-0.1, -0.05) is 18.2 Å². The molecule has 1 N–H and O–H groups in total. The Morgan fingerprint density at radius 3 is 2.35 bits per heavy atom. The number of hydrogen-bond donors (Lipinski definition) is 1. The molecule has 1 aromatic carbocycles. The van der Waals surface area contributed by atoms with Crippen LogP contribution in [0.15, 0.2) is 18.2 Å². The van der Waals surface area contributed by atoms with E-state index in [-0.39, 0.29) is 17.7 Å². The van der Waals surface area contributed by atoms with Crippen LogP contribution in [0, 0.1) is 44.4 Å². The van der Waals surface area contributed by atoms with Gasteiger partial charge >= 0.3 is 5.97 Å². The lowest BCUT2D eigenvalue weighted by Crippen LogP contribution is -2.44. The minimum Gasteiger partial charge on any atom is -0.550 e. The highest BCUT2D eigenvalue weighted by molar-refractivity contribution is 7.17. The van der Waals surface area contributed by atoms with E-state index in [1.54, 1.807) is 0 Å². The lowest BCUT2D eigenvalue weighted by atomic mass is 9.78. The summed E-state index contributed by atoms with van der Waals surface area (Å²) in [4.78, 5) is 38.5. The number of esters is 1. The van der Waals surface area contributed by atoms with Gasteiger partial charge in [-0.2, -0.15) is 0 Å². The van der Waals surface area contributed by atoms with E-state index in [9.17, 15) is 19.5 Å². The molecule has 2 aromatic rings. The molecule has 164 valence electrons. The second-order valence-electron chi connectivity index (χ2n) is 8.72. The molecule has 2 saturated carbocycles. The van der Waals surface area contributed by atoms with E-state index in [2.05, 4.69) is 5.32 Å². The highest BCUT2D eigenvalue weighted by Gasteiger charge is 2.51. The van der Waals surface area contributed by atoms with E-state index >= 15 is 0 Å². The largest absolute Gasteiger partial charge is 0.550 e. The topological polar surface area (TPSA) is 95.5 Å². The zero-order valence-corrected chi connectivity index (χ0v) is 18.9. The number of rotatable bonds is 5. The van der Waals surface area contributed by atoms with Crippen molar-refractivity contribution in [3.63, 3.8) is 0 Å². The smallest absolute Gasteiger partial charge is 0.341 e. The van der Waals surface area contributed by atoms with Crippen molar-refractivity contribution in [3.8, 4) is 11.1 Å². The summed E-state index contributed by atoms with van der Waals surface area (Å²) in [7, 11) is 1.31. The summed E-state index contributed by atoms with van der Waals surface area (Å²) in [6.07, 6.45) is 2.43. The maximum absolute atomic E-state index is 13.2. The number of carbonyl (C=O) groups excluding carboxylic acids is 3. The summed E-state index contributed by atoms with van der Waals surface area (Å²) in [5, 5.41) is 15.0. The Labute approximate surface area is 185 Å². The monoisotopic (exact) mass is 440 g/mol. The van der Waals surface area contributed by atoms with Crippen molar-refractivity contribution in [2.75, 3.05) is 12.4 Å². The van der Waals surface area contributed by atoms with E-state index in [1.165, 1.54) is 18.4 Å². The number of aryl methyl sites for hydroxylation is 3. The molecule has 2 aliphatic carbocycles. The van der Waals surface area contributed by atoms with Crippen LogP contribution in [0.1, 0.15) is 45.6 Å². The predicted octanol–water partition coefficient (Wildman–Crippen LogP) is 3.48. The van der Waals surface area contributed by atoms with Gasteiger partial charge in [-0.25, -0.2) is 4.79 Å². The number of carbonyl (C=O) groups is 3. The van der Waals surface area contributed by atoms with Crippen LogP contribution in [-0.4, -0.2) is 25.0 Å². The fraction of sp³-hybridized carbons (Fsp3) is 0.458. The first-order valence-corrected chi connectivity index (χ1v) is 11.4. The average Bonchev–Trinajstić information content (AvgIpc) is 3.42. The highest BCUT2D eigenvalue weighted by Crippen LogP contribution is 2.52. The molecule has 0 unspecified atom stereocenters. The van der Waals surface area contributed by atoms with Crippen LogP contribution in [0.4, 0.5) is 5.00 Å². The van der Waals surface area contributed by atoms with Crippen molar-refractivity contribution in [3.05, 3.63) is 39.8 Å². The molecule has 31 heavy (non-hydrogen) atoms. The molecule has 2 bridgehead atoms. The standard InChI is InChI=1S/C24H27NO5S/c1-11-5-6-14(9-12(11)2)17-13(3)31-22(20(17)24(29)30-4)25-21(26)18-15-7-8-16(10-15)19(18)23(27)28/h5-6,9,15-16,18-19H,7-8,10H2,1-4H3,(H,25,26)(H,27,28)/p-1/t15-,16-,18+,19+/m0/s1. The van der Waals surface area contributed by atoms with E-state index in [1.807, 2.05) is 39.0 Å². The van der Waals surface area contributed by atoms with Crippen molar-refractivity contribution < 1.29 is 24.2 Å². The van der Waals surface area contributed by atoms with Gasteiger partial charge in [0, 0.05) is 28.2 Å². The first kappa shape index (κ1) is 21.6. The third-order valence-electron chi connectivity index (χ3n) is 7.00. The zero-order chi connectivity index (χ0) is 22.4. The molecule has 1 heterocycles. The number of ether oxygens (including phenoxy) is 1. The number of hydrogen-bond acceptors (Lipinski definition) is 6. The third kappa shape index (κ3) is 3.65. The number of carboxylic acid groups (broad SMARTS) is 1. The van der Waals surface area contributed by atoms with Crippen LogP contribution in [0.3, 0.4) is 0 Å². The Kier molecular flexibility index (Phi) is 5.64. The van der Waals surface area contributed by atoms with Gasteiger partial charge in [-0.15, -0.1) is 11.3 Å². The molecule has 0 radical (unpaired) electrons. The van der Waals surface area contributed by atoms with Crippen molar-refractivity contribution in [2.45, 2.75) is 40.0 Å². The lowest BCUT2D eigenvalue weighted by molar-refractivity contribution is -0.314. The molecule has 1 amide bonds. The number of nitrogens with one attached hydrogen (secondary N) is 1. The van der Waals surface area contributed by atoms with Gasteiger partial charge in [0.1, 0.15) is 10.6 Å². The zero-order valence-electron chi connectivity index (χ0n) is 18.1. The molecular formula is C24H26NO5S-. The number of thiophene rings is 1. The van der Waals surface area contributed by atoms with Gasteiger partial charge in [-0.05, 0) is 68.6 Å². The van der Waals surface area contributed by atoms with Crippen molar-refractivity contribution >= 4 is 34.2 Å². The van der Waals surface area contributed by atoms with Gasteiger partial charge in [-0.3, -0.25) is 4.79 Å². The number of carboxylic acids is 1. The number of fused-ring (bicyclic) bond motifs is 2. The summed E-state index contributed by atoms with van der Waals surface area (Å²) in [6, 6.07) is 5.97. The van der Waals surface area contributed by atoms with Crippen LogP contribution in [0.2, 0.25) is 0 Å². The average molecular weight is 441 g/mol. The summed E-state index contributed by atoms with van der Waals surface area (Å²) >= 11 is 1.31. The maximum Gasteiger partial charge on any atom is 0.341 e. The normalized spacial score (nSPS) is 24.3. The molecule has 2 aliphatic rings. The maximum atomic E-state index is 13.2. The second kappa shape index (κ2) is 8.11. The molecule has 6 nitrogen and oxygen atoms in total. The Bertz CT molecular complexity index is 1070. The molecular weight excluding hydrogens is 414 g/mol. The summed E-state index contributed by atoms with van der Waals surface area (Å²) < 4.78 is 5.03. The Morgan fingerprint density at radius 1 is 1.06 bits per heavy atom. The van der Waals surface area contributed by atoms with Gasteiger partial charge in [0.05, 0.1) is 7.11 Å². The molecule has 4 rings (SSSR count). The van der Waals surface area contributed by atoms with Gasteiger partial charge in [0.15, 0.2) is 0 Å². The molecule has 2 fully saturated rings. The molecule has 1 aromatic heterocycles. The van der Waals surface area contributed by atoms with E-state index in [0.717, 1.165) is 46.4 Å². The van der Waals surface area contributed by atoms with Gasteiger partial charge in [0.25, 0.3) is 0 Å². The fourth-order valence-electron chi connectivity index (χ4n) is 5.38. The van der Waals surface area contributed by atoms with Crippen molar-refractivity contribution in [2.24, 2.45) is 23.7 Å². The van der Waals surface area contributed by atoms with Gasteiger partial charge in [0.2, 0.25) is 5.91 Å². The fourth-order valence-corrected chi connectivity index (χ4v) is 6.44. The third-order valence-corrected chi connectivity index (χ3v) is 8.02. The summed E-state index contributed by atoms with van der Waals surface area (Å²) in [5.74, 6) is -3.37. The second-order valence-corrected chi connectivity index (χ2v) is 9.95. The summed E-state index contributed by atoms with van der Waals surface area (Å²) in [6.45, 7) is 5.94. The van der Waals surface area contributed by atoms with E-state index < -0.39 is 23.8 Å². The summed E-state index contributed by atoms with van der Waals surface area (Å²) in [5.41, 5.74) is 4.18. The first-order chi connectivity index (χ1) is 14.7. The number of benzene rings is 1. The van der Waals surface area contributed by atoms with Crippen LogP contribution >= 0.6 is 11.3 Å². The number of amides is 1. The van der Waals surface area contributed by atoms with Gasteiger partial charge < -0.3 is 20.0 Å². The molecule has 7 heteroatoms. The van der Waals surface area contributed by atoms with E-state index in [4.69, 9.17) is 4.74 Å². The SMILES string of the molecule is COC(=O)c1c(NC(=O)[C@@H]2[C@H]3CC[C@@H](C3)[C@H]2C(=O)[O-])sc(C)c1-c1ccc(C)c(C)c1. The van der Waals surface area contributed by atoms with Crippen LogP contribution in [0.25, 0.3) is 11.1 Å². The van der Waals surface area contributed by atoms with Crippen LogP contribution in [-0.2, 0) is 14.3 Å². The quantitative estimate of drug-likeness (QED) is 0.718. The minimum atomic E-state index is -1.15. The first-order valence-electron chi connectivity index (χ1n) is 10.5. The molecule has 4 atom stereocenters. The molecule has 0 spiro atoms. The molecule has 0 aliphatic heterocycles. The van der Waals surface area contributed by atoms with Crippen LogP contribution < -0.4 is 10.4 Å². The van der Waals surface area contributed by atoms with Crippen molar-refractivity contribution in [1.82, 2.24) is 0 Å². The lowest BCUT2D eigenvalue weighted by Gasteiger charge is -2.30. The Morgan fingerprint density at radius 2 is 1.74 bits per heavy atom. The van der Waals surface area contributed by atoms with E-state index in [0.29, 0.717) is 10.6 Å². The number of methoxy groups -OCH3 is 1. The molecule has 0 saturated heterocycles. The Balaban J connectivity index is 1.72. The number of aliphatic carboxylic acids is 1.